The molecule has 4 N–H and O–H groups in total. The maximum atomic E-state index is 11.8. The number of carbonyl (C=O) groups excluding carboxylic acids is 1. The van der Waals surface area contributed by atoms with Crippen LogP contribution >= 0.6 is 0 Å². The normalized spacial score (nSPS) is 13.3. The van der Waals surface area contributed by atoms with E-state index in [9.17, 15) is 9.59 Å². The van der Waals surface area contributed by atoms with Gasteiger partial charge in [0.2, 0.25) is 0 Å². The van der Waals surface area contributed by atoms with Crippen LogP contribution in [0.5, 0.6) is 0 Å². The van der Waals surface area contributed by atoms with Crippen LogP contribution in [0.2, 0.25) is 0 Å². The lowest BCUT2D eigenvalue weighted by molar-refractivity contribution is 0.0696. The van der Waals surface area contributed by atoms with Gasteiger partial charge < -0.3 is 20.8 Å². The molecule has 6 nitrogen and oxygen atoms in total. The Morgan fingerprint density at radius 3 is 2.33 bits per heavy atom. The van der Waals surface area contributed by atoms with Gasteiger partial charge in [-0.05, 0) is 37.5 Å². The van der Waals surface area contributed by atoms with Gasteiger partial charge in [0.15, 0.2) is 0 Å². The van der Waals surface area contributed by atoms with Crippen molar-refractivity contribution in [1.82, 2.24) is 10.6 Å². The highest BCUT2D eigenvalue weighted by molar-refractivity contribution is 5.87. The van der Waals surface area contributed by atoms with Gasteiger partial charge in [-0.2, -0.15) is 0 Å². The molecule has 6 heteroatoms. The molecule has 0 aliphatic carbocycles. The van der Waals surface area contributed by atoms with Crippen molar-refractivity contribution >= 4 is 12.0 Å². The molecule has 1 aromatic carbocycles. The van der Waals surface area contributed by atoms with Gasteiger partial charge >= 0.3 is 12.0 Å². The van der Waals surface area contributed by atoms with E-state index < -0.39 is 11.5 Å². The highest BCUT2D eigenvalue weighted by atomic mass is 16.4. The van der Waals surface area contributed by atoms with Crippen molar-refractivity contribution in [2.45, 2.75) is 38.8 Å². The Morgan fingerprint density at radius 2 is 1.86 bits per heavy atom. The molecule has 1 atom stereocenters. The Hall–Kier alpha value is -2.08. The van der Waals surface area contributed by atoms with Crippen LogP contribution in [0.25, 0.3) is 0 Å². The van der Waals surface area contributed by atoms with Gasteiger partial charge in [0.1, 0.15) is 0 Å². The lowest BCUT2D eigenvalue weighted by Gasteiger charge is -2.29. The number of carbonyl (C=O) groups is 2. The molecule has 1 aromatic rings. The predicted molar refractivity (Wildman–Crippen MR) is 79.2 cm³/mol. The number of aromatic carboxylic acids is 1. The average Bonchev–Trinajstić information content (AvgIpc) is 2.45. The fourth-order valence-electron chi connectivity index (χ4n) is 1.84. The van der Waals surface area contributed by atoms with Crippen LogP contribution in [0, 0.1) is 0 Å². The molecule has 0 aliphatic heterocycles. The fraction of sp³-hybridized carbons (Fsp3) is 0.467. The van der Waals surface area contributed by atoms with E-state index in [0.717, 1.165) is 5.56 Å². The van der Waals surface area contributed by atoms with E-state index >= 15 is 0 Å². The third-order valence-electron chi connectivity index (χ3n) is 3.51. The molecule has 0 radical (unpaired) electrons. The first-order chi connectivity index (χ1) is 9.90. The number of benzene rings is 1. The molecule has 0 aliphatic rings. The lowest BCUT2D eigenvalue weighted by atomic mass is 9.95. The molecule has 1 rings (SSSR count). The third-order valence-corrected chi connectivity index (χ3v) is 3.51. The Morgan fingerprint density at radius 1 is 1.24 bits per heavy atom. The first kappa shape index (κ1) is 17.0. The summed E-state index contributed by atoms with van der Waals surface area (Å²) in [6.45, 7) is 4.15. The number of hydrogen-bond donors (Lipinski definition) is 4. The zero-order chi connectivity index (χ0) is 15.9. The molecular formula is C15H22N2O4. The van der Waals surface area contributed by atoms with Crippen LogP contribution < -0.4 is 10.6 Å². The highest BCUT2D eigenvalue weighted by Gasteiger charge is 2.23. The number of amides is 2. The second-order valence-electron chi connectivity index (χ2n) is 5.20. The number of aliphatic hydroxyl groups excluding tert-OH is 1. The summed E-state index contributed by atoms with van der Waals surface area (Å²) in [4.78, 5) is 22.6. The number of carboxylic acid groups (broad SMARTS) is 1. The molecule has 0 saturated carbocycles. The van der Waals surface area contributed by atoms with E-state index in [1.165, 1.54) is 12.1 Å². The van der Waals surface area contributed by atoms with Gasteiger partial charge in [-0.25, -0.2) is 9.59 Å². The largest absolute Gasteiger partial charge is 0.478 e. The van der Waals surface area contributed by atoms with E-state index in [1.807, 2.05) is 13.8 Å². The number of hydrogen-bond acceptors (Lipinski definition) is 3. The van der Waals surface area contributed by atoms with E-state index in [4.69, 9.17) is 10.2 Å². The molecule has 2 amide bonds. The van der Waals surface area contributed by atoms with Crippen molar-refractivity contribution in [3.05, 3.63) is 35.4 Å². The van der Waals surface area contributed by atoms with Crippen molar-refractivity contribution < 1.29 is 19.8 Å². The molecular weight excluding hydrogens is 272 g/mol. The first-order valence-corrected chi connectivity index (χ1v) is 6.89. The monoisotopic (exact) mass is 294 g/mol. The first-order valence-electron chi connectivity index (χ1n) is 6.89. The maximum absolute atomic E-state index is 11.8. The second kappa shape index (κ2) is 7.64. The number of nitrogens with one attached hydrogen (secondary N) is 2. The smallest absolute Gasteiger partial charge is 0.335 e. The minimum absolute atomic E-state index is 0.0151. The summed E-state index contributed by atoms with van der Waals surface area (Å²) in [7, 11) is 0. The molecule has 0 heterocycles. The topological polar surface area (TPSA) is 98.7 Å². The van der Waals surface area contributed by atoms with Gasteiger partial charge in [0.25, 0.3) is 0 Å². The van der Waals surface area contributed by atoms with Gasteiger partial charge in [-0.15, -0.1) is 0 Å². The molecule has 0 bridgehead atoms. The summed E-state index contributed by atoms with van der Waals surface area (Å²) in [5.74, 6) is -0.977. The van der Waals surface area contributed by atoms with E-state index in [-0.39, 0.29) is 18.2 Å². The van der Waals surface area contributed by atoms with Crippen LogP contribution in [0.4, 0.5) is 4.79 Å². The predicted octanol–water partition coefficient (Wildman–Crippen LogP) is 1.74. The summed E-state index contributed by atoms with van der Waals surface area (Å²) in [6.07, 6.45) is 1.21. The number of carboxylic acids is 1. The van der Waals surface area contributed by atoms with Gasteiger partial charge in [-0.3, -0.25) is 0 Å². The Bertz CT molecular complexity index is 487. The molecule has 116 valence electrons. The summed E-state index contributed by atoms with van der Waals surface area (Å²) in [5, 5.41) is 23.4. The third kappa shape index (κ3) is 5.43. The molecule has 0 spiro atoms. The Labute approximate surface area is 124 Å². The van der Waals surface area contributed by atoms with Crippen LogP contribution in [-0.4, -0.2) is 34.4 Å². The quantitative estimate of drug-likeness (QED) is 0.615. The van der Waals surface area contributed by atoms with Gasteiger partial charge in [-0.1, -0.05) is 19.1 Å². The van der Waals surface area contributed by atoms with Crippen molar-refractivity contribution in [3.8, 4) is 0 Å². The summed E-state index contributed by atoms with van der Waals surface area (Å²) in [6, 6.07) is 6.01. The number of urea groups is 1. The zero-order valence-corrected chi connectivity index (χ0v) is 12.3. The molecule has 1 unspecified atom stereocenters. The van der Waals surface area contributed by atoms with Crippen molar-refractivity contribution in [2.24, 2.45) is 0 Å². The van der Waals surface area contributed by atoms with Crippen LogP contribution in [0.3, 0.4) is 0 Å². The van der Waals surface area contributed by atoms with Crippen molar-refractivity contribution in [2.75, 3.05) is 6.61 Å². The van der Waals surface area contributed by atoms with Crippen molar-refractivity contribution in [1.29, 1.82) is 0 Å². The minimum Gasteiger partial charge on any atom is -0.478 e. The lowest BCUT2D eigenvalue weighted by Crippen LogP contribution is -2.50. The summed E-state index contributed by atoms with van der Waals surface area (Å²) in [5.41, 5.74) is 0.589. The highest BCUT2D eigenvalue weighted by Crippen LogP contribution is 2.13. The van der Waals surface area contributed by atoms with Crippen molar-refractivity contribution in [3.63, 3.8) is 0 Å². The maximum Gasteiger partial charge on any atom is 0.335 e. The van der Waals surface area contributed by atoms with Crippen LogP contribution in [0.15, 0.2) is 24.3 Å². The van der Waals surface area contributed by atoms with Gasteiger partial charge in [0.05, 0.1) is 5.56 Å². The van der Waals surface area contributed by atoms with E-state index in [0.29, 0.717) is 19.4 Å². The molecule has 0 fully saturated rings. The average molecular weight is 294 g/mol. The molecule has 0 saturated heterocycles. The van der Waals surface area contributed by atoms with E-state index in [2.05, 4.69) is 10.6 Å². The van der Waals surface area contributed by atoms with Crippen LogP contribution in [-0.2, 0) is 6.54 Å². The minimum atomic E-state index is -0.977. The molecule has 21 heavy (non-hydrogen) atoms. The molecule has 0 aromatic heterocycles. The SMILES string of the molecule is CCC(C)(CCO)NC(=O)NCc1ccc(C(=O)O)cc1. The summed E-state index contributed by atoms with van der Waals surface area (Å²) < 4.78 is 0. The number of aliphatic hydroxyl groups is 1. The van der Waals surface area contributed by atoms with Crippen LogP contribution in [0.1, 0.15) is 42.6 Å². The van der Waals surface area contributed by atoms with Gasteiger partial charge in [0, 0.05) is 18.7 Å². The summed E-state index contributed by atoms with van der Waals surface area (Å²) >= 11 is 0. The Kier molecular flexibility index (Phi) is 6.17. The second-order valence-corrected chi connectivity index (χ2v) is 5.20. The zero-order valence-electron chi connectivity index (χ0n) is 12.3. The standard InChI is InChI=1S/C15H22N2O4/c1-3-15(2,8-9-18)17-14(21)16-10-11-4-6-12(7-5-11)13(19)20/h4-7,18H,3,8-10H2,1-2H3,(H,19,20)(H2,16,17,21). The van der Waals surface area contributed by atoms with E-state index in [1.54, 1.807) is 12.1 Å². The Balaban J connectivity index is 2.51. The number of rotatable bonds is 7. The fourth-order valence-corrected chi connectivity index (χ4v) is 1.84.